The van der Waals surface area contributed by atoms with Gasteiger partial charge in [0.15, 0.2) is 5.75 Å². The topological polar surface area (TPSA) is 67.9 Å². The van der Waals surface area contributed by atoms with Crippen LogP contribution in [-0.2, 0) is 4.79 Å². The predicted molar refractivity (Wildman–Crippen MR) is 128 cm³/mol. The number of anilines is 1. The molecular formula is C27H27FN2O4. The third-order valence-electron chi connectivity index (χ3n) is 5.68. The molecule has 34 heavy (non-hydrogen) atoms. The van der Waals surface area contributed by atoms with Gasteiger partial charge in [0, 0.05) is 18.7 Å². The van der Waals surface area contributed by atoms with Gasteiger partial charge in [0.25, 0.3) is 5.91 Å². The Morgan fingerprint density at radius 3 is 2.44 bits per heavy atom. The van der Waals surface area contributed by atoms with E-state index in [1.54, 1.807) is 17.0 Å². The largest absolute Gasteiger partial charge is 0.494 e. The fraction of sp³-hybridized carbons (Fsp3) is 0.259. The molecule has 6 nitrogen and oxygen atoms in total. The van der Waals surface area contributed by atoms with Crippen molar-refractivity contribution in [2.24, 2.45) is 5.92 Å². The molecule has 0 spiro atoms. The summed E-state index contributed by atoms with van der Waals surface area (Å²) in [5, 5.41) is 2.96. The number of halogens is 1. The molecule has 0 saturated carbocycles. The van der Waals surface area contributed by atoms with Crippen LogP contribution in [0.1, 0.15) is 30.1 Å². The highest BCUT2D eigenvalue weighted by molar-refractivity contribution is 5.97. The highest BCUT2D eigenvalue weighted by Gasteiger charge is 2.29. The fourth-order valence-electron chi connectivity index (χ4n) is 3.94. The van der Waals surface area contributed by atoms with Crippen molar-refractivity contribution in [3.05, 3.63) is 84.2 Å². The van der Waals surface area contributed by atoms with Crippen LogP contribution in [0.2, 0.25) is 0 Å². The third kappa shape index (κ3) is 5.73. The Hall–Kier alpha value is -3.87. The van der Waals surface area contributed by atoms with Gasteiger partial charge in [0.1, 0.15) is 17.3 Å². The predicted octanol–water partition coefficient (Wildman–Crippen LogP) is 5.51. The summed E-state index contributed by atoms with van der Waals surface area (Å²) in [5.74, 6) is 0.800. The summed E-state index contributed by atoms with van der Waals surface area (Å²) in [6.45, 7) is 3.39. The number of nitrogens with zero attached hydrogens (tertiary/aromatic N) is 1. The van der Waals surface area contributed by atoms with Crippen molar-refractivity contribution in [3.63, 3.8) is 0 Å². The summed E-state index contributed by atoms with van der Waals surface area (Å²) < 4.78 is 24.6. The van der Waals surface area contributed by atoms with Crippen LogP contribution in [0.5, 0.6) is 17.2 Å². The van der Waals surface area contributed by atoms with E-state index in [1.807, 2.05) is 43.3 Å². The molecule has 1 aliphatic rings. The molecule has 4 rings (SSSR count). The SMILES string of the molecule is CCOc1ccc(Oc2ccccc2NC(=O)C2CCCN(C(=O)c3ccc(F)cc3)C2)cc1. The number of carbonyl (C=O) groups excluding carboxylic acids is 2. The van der Waals surface area contributed by atoms with Crippen LogP contribution < -0.4 is 14.8 Å². The van der Waals surface area contributed by atoms with Crippen LogP contribution in [0.3, 0.4) is 0 Å². The normalized spacial score (nSPS) is 15.5. The first kappa shape index (κ1) is 23.3. The molecule has 0 aliphatic carbocycles. The Morgan fingerprint density at radius 1 is 1.00 bits per heavy atom. The minimum absolute atomic E-state index is 0.167. The number of hydrogen-bond donors (Lipinski definition) is 1. The van der Waals surface area contributed by atoms with Gasteiger partial charge in [-0.05, 0) is 80.4 Å². The second-order valence-corrected chi connectivity index (χ2v) is 8.09. The lowest BCUT2D eigenvalue weighted by atomic mass is 9.96. The van der Waals surface area contributed by atoms with E-state index in [9.17, 15) is 14.0 Å². The van der Waals surface area contributed by atoms with E-state index < -0.39 is 5.82 Å². The van der Waals surface area contributed by atoms with E-state index in [2.05, 4.69) is 5.32 Å². The van der Waals surface area contributed by atoms with Crippen molar-refractivity contribution in [2.75, 3.05) is 25.0 Å². The van der Waals surface area contributed by atoms with Crippen molar-refractivity contribution >= 4 is 17.5 Å². The van der Waals surface area contributed by atoms with E-state index >= 15 is 0 Å². The number of carbonyl (C=O) groups is 2. The van der Waals surface area contributed by atoms with Crippen LogP contribution >= 0.6 is 0 Å². The van der Waals surface area contributed by atoms with Crippen LogP contribution in [0.4, 0.5) is 10.1 Å². The van der Waals surface area contributed by atoms with E-state index in [4.69, 9.17) is 9.47 Å². The van der Waals surface area contributed by atoms with E-state index in [-0.39, 0.29) is 17.7 Å². The van der Waals surface area contributed by atoms with Crippen LogP contribution in [0.25, 0.3) is 0 Å². The first-order valence-corrected chi connectivity index (χ1v) is 11.4. The Kier molecular flexibility index (Phi) is 7.42. The molecule has 176 valence electrons. The summed E-state index contributed by atoms with van der Waals surface area (Å²) in [4.78, 5) is 27.5. The average Bonchev–Trinajstić information content (AvgIpc) is 2.86. The average molecular weight is 463 g/mol. The second kappa shape index (κ2) is 10.8. The molecule has 0 aromatic heterocycles. The summed E-state index contributed by atoms with van der Waals surface area (Å²) in [6.07, 6.45) is 1.40. The van der Waals surface area contributed by atoms with Gasteiger partial charge in [-0.15, -0.1) is 0 Å². The Bertz CT molecular complexity index is 1130. The molecule has 1 N–H and O–H groups in total. The zero-order valence-corrected chi connectivity index (χ0v) is 19.0. The summed E-state index contributed by atoms with van der Waals surface area (Å²) in [5.41, 5.74) is 0.972. The molecule has 3 aromatic rings. The van der Waals surface area contributed by atoms with Gasteiger partial charge in [0.2, 0.25) is 5.91 Å². The number of hydrogen-bond acceptors (Lipinski definition) is 4. The van der Waals surface area contributed by atoms with Gasteiger partial charge in [-0.3, -0.25) is 9.59 Å². The number of benzene rings is 3. The van der Waals surface area contributed by atoms with Gasteiger partial charge in [-0.25, -0.2) is 4.39 Å². The maximum absolute atomic E-state index is 13.2. The molecule has 1 heterocycles. The van der Waals surface area contributed by atoms with E-state index in [0.29, 0.717) is 48.9 Å². The summed E-state index contributed by atoms with van der Waals surface area (Å²) in [6, 6.07) is 20.0. The van der Waals surface area contributed by atoms with Crippen molar-refractivity contribution in [1.82, 2.24) is 4.90 Å². The summed E-state index contributed by atoms with van der Waals surface area (Å²) in [7, 11) is 0. The third-order valence-corrected chi connectivity index (χ3v) is 5.68. The van der Waals surface area contributed by atoms with E-state index in [1.165, 1.54) is 24.3 Å². The van der Waals surface area contributed by atoms with Crippen molar-refractivity contribution < 1.29 is 23.5 Å². The number of likely N-dealkylation sites (tertiary alicyclic amines) is 1. The zero-order valence-electron chi connectivity index (χ0n) is 19.0. The first-order chi connectivity index (χ1) is 16.5. The molecule has 0 radical (unpaired) electrons. The van der Waals surface area contributed by atoms with Gasteiger partial charge in [-0.1, -0.05) is 12.1 Å². The fourth-order valence-corrected chi connectivity index (χ4v) is 3.94. The molecule has 1 unspecified atom stereocenters. The molecular weight excluding hydrogens is 435 g/mol. The van der Waals surface area contributed by atoms with Gasteiger partial charge in [0.05, 0.1) is 18.2 Å². The number of rotatable bonds is 7. The lowest BCUT2D eigenvalue weighted by molar-refractivity contribution is -0.121. The van der Waals surface area contributed by atoms with Gasteiger partial charge < -0.3 is 19.7 Å². The number of nitrogens with one attached hydrogen (secondary N) is 1. The molecule has 7 heteroatoms. The number of piperidine rings is 1. The highest BCUT2D eigenvalue weighted by Crippen LogP contribution is 2.31. The lowest BCUT2D eigenvalue weighted by Crippen LogP contribution is -2.43. The molecule has 1 saturated heterocycles. The minimum atomic E-state index is -0.390. The minimum Gasteiger partial charge on any atom is -0.494 e. The van der Waals surface area contributed by atoms with Crippen LogP contribution in [0, 0.1) is 11.7 Å². The van der Waals surface area contributed by atoms with Crippen molar-refractivity contribution in [2.45, 2.75) is 19.8 Å². The molecule has 0 bridgehead atoms. The standard InChI is InChI=1S/C27H27FN2O4/c1-2-33-22-13-15-23(16-14-22)34-25-8-4-3-7-24(25)29-26(31)20-6-5-17-30(18-20)27(32)19-9-11-21(28)12-10-19/h3-4,7-16,20H,2,5-6,17-18H2,1H3,(H,29,31). The molecule has 1 atom stereocenters. The van der Waals surface area contributed by atoms with Gasteiger partial charge >= 0.3 is 0 Å². The maximum Gasteiger partial charge on any atom is 0.253 e. The maximum atomic E-state index is 13.2. The number of amides is 2. The van der Waals surface area contributed by atoms with Gasteiger partial charge in [-0.2, -0.15) is 0 Å². The molecule has 1 fully saturated rings. The number of para-hydroxylation sites is 2. The number of ether oxygens (including phenoxy) is 2. The molecule has 3 aromatic carbocycles. The molecule has 2 amide bonds. The second-order valence-electron chi connectivity index (χ2n) is 8.09. The molecule has 1 aliphatic heterocycles. The summed E-state index contributed by atoms with van der Waals surface area (Å²) >= 11 is 0. The Balaban J connectivity index is 1.41. The first-order valence-electron chi connectivity index (χ1n) is 11.4. The van der Waals surface area contributed by atoms with Crippen molar-refractivity contribution in [3.8, 4) is 17.2 Å². The van der Waals surface area contributed by atoms with Crippen molar-refractivity contribution in [1.29, 1.82) is 0 Å². The van der Waals surface area contributed by atoms with E-state index in [0.717, 1.165) is 12.2 Å². The monoisotopic (exact) mass is 462 g/mol. The van der Waals surface area contributed by atoms with Crippen LogP contribution in [-0.4, -0.2) is 36.4 Å². The highest BCUT2D eigenvalue weighted by atomic mass is 19.1. The van der Waals surface area contributed by atoms with Crippen LogP contribution in [0.15, 0.2) is 72.8 Å². The zero-order chi connectivity index (χ0) is 23.9. The quantitative estimate of drug-likeness (QED) is 0.503. The Morgan fingerprint density at radius 2 is 1.71 bits per heavy atom. The lowest BCUT2D eigenvalue weighted by Gasteiger charge is -2.32. The smallest absolute Gasteiger partial charge is 0.253 e. The Labute approximate surface area is 198 Å².